The number of ether oxygens (including phenoxy) is 1. The quantitative estimate of drug-likeness (QED) is 0.249. The molecule has 0 fully saturated rings. The van der Waals surface area contributed by atoms with Crippen LogP contribution in [-0.2, 0) is 5.41 Å². The Morgan fingerprint density at radius 1 is 0.878 bits per heavy atom. The molecule has 2 amide bonds. The lowest BCUT2D eigenvalue weighted by Gasteiger charge is -2.14. The van der Waals surface area contributed by atoms with Crippen LogP contribution in [-0.4, -0.2) is 35.7 Å². The van der Waals surface area contributed by atoms with Gasteiger partial charge in [-0.2, -0.15) is 5.10 Å². The maximum Gasteiger partial charge on any atom is 0.324 e. The molecule has 11 heteroatoms. The van der Waals surface area contributed by atoms with Crippen molar-refractivity contribution in [3.8, 4) is 17.2 Å². The van der Waals surface area contributed by atoms with Gasteiger partial charge in [0.25, 0.3) is 5.56 Å². The predicted molar refractivity (Wildman–Crippen MR) is 157 cm³/mol. The number of hydrogen-bond acceptors (Lipinski definition) is 7. The van der Waals surface area contributed by atoms with E-state index in [0.717, 1.165) is 11.4 Å². The van der Waals surface area contributed by atoms with E-state index < -0.39 is 6.03 Å². The molecule has 0 saturated heterocycles. The number of aromatic nitrogens is 6. The topological polar surface area (TPSA) is 140 Å². The van der Waals surface area contributed by atoms with Gasteiger partial charge in [-0.25, -0.2) is 19.4 Å². The van der Waals surface area contributed by atoms with E-state index in [-0.39, 0.29) is 11.0 Å². The molecule has 0 spiro atoms. The Kier molecular flexibility index (Phi) is 6.38. The second-order valence-corrected chi connectivity index (χ2v) is 10.4. The van der Waals surface area contributed by atoms with Gasteiger partial charge in [0, 0.05) is 35.3 Å². The fourth-order valence-electron chi connectivity index (χ4n) is 4.33. The average Bonchev–Trinajstić information content (AvgIpc) is 3.39. The van der Waals surface area contributed by atoms with Crippen LogP contribution in [0.15, 0.2) is 90.1 Å². The van der Waals surface area contributed by atoms with E-state index in [1.807, 2.05) is 42.5 Å². The zero-order valence-corrected chi connectivity index (χ0v) is 22.5. The number of benzene rings is 2. The summed E-state index contributed by atoms with van der Waals surface area (Å²) in [6.07, 6.45) is 4.35. The fourth-order valence-corrected chi connectivity index (χ4v) is 4.33. The number of fused-ring (bicyclic) bond motifs is 2. The first-order chi connectivity index (χ1) is 19.8. The number of amides is 2. The first-order valence-electron chi connectivity index (χ1n) is 12.9. The molecule has 2 aromatic carbocycles. The van der Waals surface area contributed by atoms with E-state index in [2.05, 4.69) is 51.3 Å². The molecule has 3 N–H and O–H groups in total. The van der Waals surface area contributed by atoms with Crippen LogP contribution in [0.2, 0.25) is 0 Å². The molecular weight excluding hydrogens is 520 g/mol. The third-order valence-corrected chi connectivity index (χ3v) is 6.36. The van der Waals surface area contributed by atoms with Crippen molar-refractivity contribution in [2.75, 3.05) is 10.6 Å². The summed E-state index contributed by atoms with van der Waals surface area (Å²) in [6, 6.07) is 19.8. The normalized spacial score (nSPS) is 11.5. The van der Waals surface area contributed by atoms with E-state index in [0.29, 0.717) is 45.1 Å². The number of para-hydroxylation sites is 1. The minimum Gasteiger partial charge on any atom is -0.454 e. The van der Waals surface area contributed by atoms with Gasteiger partial charge < -0.3 is 15.0 Å². The summed E-state index contributed by atoms with van der Waals surface area (Å²) >= 11 is 0. The molecule has 6 aromatic rings. The number of pyridine rings is 2. The highest BCUT2D eigenvalue weighted by molar-refractivity contribution is 6.06. The van der Waals surface area contributed by atoms with Gasteiger partial charge in [-0.1, -0.05) is 39.0 Å². The fraction of sp³-hybridized carbons (Fsp3) is 0.133. The second kappa shape index (κ2) is 10.2. The van der Waals surface area contributed by atoms with Crippen LogP contribution in [0.4, 0.5) is 16.3 Å². The van der Waals surface area contributed by atoms with Gasteiger partial charge in [0.2, 0.25) is 0 Å². The highest BCUT2D eigenvalue weighted by atomic mass is 16.5. The van der Waals surface area contributed by atoms with Crippen molar-refractivity contribution in [2.45, 2.75) is 26.2 Å². The molecular formula is C30H26N8O3. The van der Waals surface area contributed by atoms with E-state index in [1.165, 1.54) is 12.4 Å². The van der Waals surface area contributed by atoms with Crippen LogP contribution >= 0.6 is 0 Å². The first kappa shape index (κ1) is 25.7. The number of urea groups is 1. The van der Waals surface area contributed by atoms with Gasteiger partial charge >= 0.3 is 6.03 Å². The third-order valence-electron chi connectivity index (χ3n) is 6.36. The SMILES string of the molecule is CC(C)(C)c1cc(NC(=O)Nc2ccc(Oc3ccnc4[nH]c(=O)cnc34)c3cccnc23)n(-c2ccccc2)n1. The number of nitrogens with one attached hydrogen (secondary N) is 3. The van der Waals surface area contributed by atoms with Crippen LogP contribution in [0.25, 0.3) is 27.8 Å². The van der Waals surface area contributed by atoms with Crippen LogP contribution in [0.1, 0.15) is 26.5 Å². The summed E-state index contributed by atoms with van der Waals surface area (Å²) in [4.78, 5) is 40.4. The van der Waals surface area contributed by atoms with Gasteiger partial charge in [0.05, 0.1) is 28.8 Å². The summed E-state index contributed by atoms with van der Waals surface area (Å²) in [5.41, 5.74) is 2.86. The maximum atomic E-state index is 13.3. The van der Waals surface area contributed by atoms with Gasteiger partial charge in [-0.15, -0.1) is 0 Å². The van der Waals surface area contributed by atoms with Crippen molar-refractivity contribution in [1.82, 2.24) is 29.7 Å². The lowest BCUT2D eigenvalue weighted by atomic mass is 9.92. The molecule has 204 valence electrons. The summed E-state index contributed by atoms with van der Waals surface area (Å²) in [5, 5.41) is 11.3. The Morgan fingerprint density at radius 2 is 1.71 bits per heavy atom. The molecule has 4 aromatic heterocycles. The van der Waals surface area contributed by atoms with Crippen LogP contribution in [0, 0.1) is 0 Å². The molecule has 4 heterocycles. The highest BCUT2D eigenvalue weighted by Gasteiger charge is 2.22. The third kappa shape index (κ3) is 5.20. The van der Waals surface area contributed by atoms with Crippen molar-refractivity contribution < 1.29 is 9.53 Å². The van der Waals surface area contributed by atoms with Gasteiger partial charge in [0.1, 0.15) is 17.1 Å². The summed E-state index contributed by atoms with van der Waals surface area (Å²) < 4.78 is 7.91. The van der Waals surface area contributed by atoms with E-state index in [1.54, 1.807) is 35.1 Å². The number of nitrogens with zero attached hydrogens (tertiary/aromatic N) is 5. The minimum atomic E-state index is -0.448. The van der Waals surface area contributed by atoms with Crippen LogP contribution < -0.4 is 20.9 Å². The summed E-state index contributed by atoms with van der Waals surface area (Å²) in [7, 11) is 0. The largest absolute Gasteiger partial charge is 0.454 e. The standard InChI is InChI=1S/C30H26N8O3/c1-30(2,3)23-16-24(38(37-23)18-8-5-4-6-9-18)35-29(40)34-20-11-12-21(19-10-7-14-31-26(19)20)41-22-13-15-32-28-27(22)33-17-25(39)36-28/h4-17H,1-3H3,(H,32,36,39)(H2,34,35,40). The molecule has 0 unspecified atom stereocenters. The lowest BCUT2D eigenvalue weighted by molar-refractivity contribution is 0.262. The second-order valence-electron chi connectivity index (χ2n) is 10.4. The Hall–Kier alpha value is -5.58. The lowest BCUT2D eigenvalue weighted by Crippen LogP contribution is -2.21. The monoisotopic (exact) mass is 546 g/mol. The van der Waals surface area contributed by atoms with E-state index in [4.69, 9.17) is 9.84 Å². The maximum absolute atomic E-state index is 13.3. The average molecular weight is 547 g/mol. The molecule has 0 bridgehead atoms. The summed E-state index contributed by atoms with van der Waals surface area (Å²) in [5.74, 6) is 1.45. The highest BCUT2D eigenvalue weighted by Crippen LogP contribution is 2.35. The van der Waals surface area contributed by atoms with Crippen molar-refractivity contribution in [2.24, 2.45) is 0 Å². The van der Waals surface area contributed by atoms with Crippen molar-refractivity contribution >= 4 is 39.6 Å². The number of aromatic amines is 1. The molecule has 0 saturated carbocycles. The molecule has 6 rings (SSSR count). The number of carbonyl (C=O) groups is 1. The smallest absolute Gasteiger partial charge is 0.324 e. The number of anilines is 2. The molecule has 0 atom stereocenters. The van der Waals surface area contributed by atoms with Gasteiger partial charge in [-0.3, -0.25) is 15.1 Å². The van der Waals surface area contributed by atoms with Crippen molar-refractivity contribution in [3.05, 3.63) is 101 Å². The molecule has 0 radical (unpaired) electrons. The number of rotatable bonds is 5. The molecule has 11 nitrogen and oxygen atoms in total. The van der Waals surface area contributed by atoms with Gasteiger partial charge in [0.15, 0.2) is 11.4 Å². The van der Waals surface area contributed by atoms with E-state index >= 15 is 0 Å². The Morgan fingerprint density at radius 3 is 2.51 bits per heavy atom. The predicted octanol–water partition coefficient (Wildman–Crippen LogP) is 5.79. The Balaban J connectivity index is 1.30. The molecule has 0 aliphatic rings. The first-order valence-corrected chi connectivity index (χ1v) is 12.9. The molecule has 41 heavy (non-hydrogen) atoms. The number of H-pyrrole nitrogens is 1. The van der Waals surface area contributed by atoms with Gasteiger partial charge in [-0.05, 0) is 36.4 Å². The number of carbonyl (C=O) groups excluding carboxylic acids is 1. The van der Waals surface area contributed by atoms with Crippen molar-refractivity contribution in [3.63, 3.8) is 0 Å². The Bertz CT molecular complexity index is 1960. The van der Waals surface area contributed by atoms with Crippen LogP contribution in [0.3, 0.4) is 0 Å². The van der Waals surface area contributed by atoms with E-state index in [9.17, 15) is 9.59 Å². The zero-order chi connectivity index (χ0) is 28.6. The zero-order valence-electron chi connectivity index (χ0n) is 22.5. The Labute approximate surface area is 234 Å². The number of hydrogen-bond donors (Lipinski definition) is 3. The summed E-state index contributed by atoms with van der Waals surface area (Å²) in [6.45, 7) is 6.21. The minimum absolute atomic E-state index is 0.214. The van der Waals surface area contributed by atoms with Crippen LogP contribution in [0.5, 0.6) is 11.5 Å². The molecule has 0 aliphatic carbocycles. The van der Waals surface area contributed by atoms with Crippen molar-refractivity contribution in [1.29, 1.82) is 0 Å². The molecule has 0 aliphatic heterocycles.